The van der Waals surface area contributed by atoms with Gasteiger partial charge >= 0.3 is 0 Å². The maximum atomic E-state index is 5.75. The van der Waals surface area contributed by atoms with Crippen LogP contribution in [0.1, 0.15) is 24.6 Å². The quantitative estimate of drug-likeness (QED) is 0.757. The number of nitrogen functional groups attached to an aromatic ring is 1. The lowest BCUT2D eigenvalue weighted by Crippen LogP contribution is -2.57. The molecule has 0 aromatic carbocycles. The molecule has 0 saturated carbocycles. The molecule has 6 nitrogen and oxygen atoms in total. The van der Waals surface area contributed by atoms with Crippen LogP contribution in [0.15, 0.2) is 0 Å². The number of hydrogen-bond acceptors (Lipinski definition) is 6. The molecule has 1 aromatic rings. The Morgan fingerprint density at radius 3 is 2.53 bits per heavy atom. The van der Waals surface area contributed by atoms with E-state index >= 15 is 0 Å². The van der Waals surface area contributed by atoms with Gasteiger partial charge in [-0.1, -0.05) is 6.92 Å². The second-order valence-electron chi connectivity index (χ2n) is 4.67. The molecular formula is C11H18N6. The van der Waals surface area contributed by atoms with Crippen LogP contribution in [0.5, 0.6) is 0 Å². The summed E-state index contributed by atoms with van der Waals surface area (Å²) in [7, 11) is 0. The van der Waals surface area contributed by atoms with E-state index in [9.17, 15) is 0 Å². The van der Waals surface area contributed by atoms with E-state index in [1.54, 1.807) is 0 Å². The van der Waals surface area contributed by atoms with Gasteiger partial charge in [-0.15, -0.1) is 0 Å². The number of fused-ring (bicyclic) bond motifs is 3. The van der Waals surface area contributed by atoms with Gasteiger partial charge in [0.25, 0.3) is 0 Å². The van der Waals surface area contributed by atoms with Gasteiger partial charge in [-0.25, -0.2) is 4.98 Å². The van der Waals surface area contributed by atoms with Crippen molar-refractivity contribution in [2.75, 3.05) is 38.5 Å². The van der Waals surface area contributed by atoms with Crippen LogP contribution in [0.3, 0.4) is 0 Å². The molecule has 1 unspecified atom stereocenters. The van der Waals surface area contributed by atoms with Crippen molar-refractivity contribution in [3.8, 4) is 0 Å². The van der Waals surface area contributed by atoms with Crippen molar-refractivity contribution < 1.29 is 0 Å². The van der Waals surface area contributed by atoms with Gasteiger partial charge in [0.2, 0.25) is 5.95 Å². The first-order chi connectivity index (χ1) is 8.26. The minimum atomic E-state index is 0.299. The summed E-state index contributed by atoms with van der Waals surface area (Å²) in [6, 6.07) is 0.299. The van der Waals surface area contributed by atoms with Crippen LogP contribution in [-0.4, -0.2) is 57.5 Å². The number of aromatic nitrogens is 3. The molecule has 1 aromatic heterocycles. The summed E-state index contributed by atoms with van der Waals surface area (Å²) in [6.45, 7) is 7.60. The molecule has 3 aliphatic heterocycles. The molecule has 3 aliphatic rings. The second-order valence-corrected chi connectivity index (χ2v) is 4.67. The average molecular weight is 234 g/mol. The highest BCUT2D eigenvalue weighted by Crippen LogP contribution is 2.26. The maximum Gasteiger partial charge on any atom is 0.223 e. The van der Waals surface area contributed by atoms with E-state index in [0.29, 0.717) is 12.0 Å². The summed E-state index contributed by atoms with van der Waals surface area (Å²) < 4.78 is 0. The second kappa shape index (κ2) is 4.19. The Morgan fingerprint density at radius 1 is 1.18 bits per heavy atom. The fourth-order valence-corrected chi connectivity index (χ4v) is 2.63. The van der Waals surface area contributed by atoms with Gasteiger partial charge in [0, 0.05) is 39.1 Å². The molecule has 0 spiro atoms. The van der Waals surface area contributed by atoms with Crippen molar-refractivity contribution in [2.45, 2.75) is 19.4 Å². The Balaban J connectivity index is 1.90. The topological polar surface area (TPSA) is 71.2 Å². The number of piperazine rings is 3. The highest BCUT2D eigenvalue weighted by atomic mass is 15.4. The molecule has 3 saturated heterocycles. The van der Waals surface area contributed by atoms with Gasteiger partial charge in [-0.05, 0) is 0 Å². The summed E-state index contributed by atoms with van der Waals surface area (Å²) >= 11 is 0. The lowest BCUT2D eigenvalue weighted by Gasteiger charge is -2.46. The third-order valence-electron chi connectivity index (χ3n) is 3.61. The first-order valence-electron chi connectivity index (χ1n) is 6.23. The zero-order chi connectivity index (χ0) is 11.8. The van der Waals surface area contributed by atoms with E-state index < -0.39 is 0 Å². The van der Waals surface area contributed by atoms with Gasteiger partial charge < -0.3 is 5.73 Å². The lowest BCUT2D eigenvalue weighted by atomic mass is 10.1. The van der Waals surface area contributed by atoms with Gasteiger partial charge in [-0.3, -0.25) is 9.80 Å². The van der Waals surface area contributed by atoms with E-state index in [1.807, 2.05) is 6.92 Å². The number of rotatable bonds is 2. The third kappa shape index (κ3) is 1.98. The highest BCUT2D eigenvalue weighted by molar-refractivity contribution is 5.18. The Kier molecular flexibility index (Phi) is 2.68. The first-order valence-corrected chi connectivity index (χ1v) is 6.23. The number of aryl methyl sites for hydroxylation is 1. The lowest BCUT2D eigenvalue weighted by molar-refractivity contribution is 0.00853. The Bertz CT molecular complexity index is 412. The number of nitrogens with zero attached hydrogens (tertiary/aromatic N) is 5. The predicted molar refractivity (Wildman–Crippen MR) is 64.4 cm³/mol. The smallest absolute Gasteiger partial charge is 0.223 e. The Hall–Kier alpha value is -1.27. The van der Waals surface area contributed by atoms with Crippen LogP contribution in [0.4, 0.5) is 5.95 Å². The summed E-state index contributed by atoms with van der Waals surface area (Å²) in [4.78, 5) is 17.9. The monoisotopic (exact) mass is 234 g/mol. The molecule has 0 amide bonds. The van der Waals surface area contributed by atoms with E-state index in [0.717, 1.165) is 50.8 Å². The summed E-state index contributed by atoms with van der Waals surface area (Å²) in [5, 5.41) is 0. The molecule has 6 heteroatoms. The highest BCUT2D eigenvalue weighted by Gasteiger charge is 2.34. The molecule has 2 N–H and O–H groups in total. The maximum absolute atomic E-state index is 5.75. The predicted octanol–water partition coefficient (Wildman–Crippen LogP) is -0.311. The van der Waals surface area contributed by atoms with Crippen LogP contribution >= 0.6 is 0 Å². The van der Waals surface area contributed by atoms with Crippen LogP contribution in [-0.2, 0) is 6.42 Å². The zero-order valence-corrected chi connectivity index (χ0v) is 10.1. The van der Waals surface area contributed by atoms with Crippen molar-refractivity contribution in [1.29, 1.82) is 0 Å². The average Bonchev–Trinajstić information content (AvgIpc) is 2.39. The van der Waals surface area contributed by atoms with Crippen molar-refractivity contribution in [1.82, 2.24) is 24.8 Å². The molecule has 2 bridgehead atoms. The summed E-state index contributed by atoms with van der Waals surface area (Å²) in [5.41, 5.74) is 5.75. The van der Waals surface area contributed by atoms with Gasteiger partial charge in [0.1, 0.15) is 5.82 Å². The third-order valence-corrected chi connectivity index (χ3v) is 3.61. The number of nitrogens with two attached hydrogens (primary N) is 1. The molecule has 0 aliphatic carbocycles. The Morgan fingerprint density at radius 2 is 1.94 bits per heavy atom. The fraction of sp³-hybridized carbons (Fsp3) is 0.727. The standard InChI is InChI=1S/C11H18N6/c1-2-9-13-10(15-11(12)14-9)8-7-16-3-5-17(8)6-4-16/h8H,2-7H2,1H3,(H2,12,13,14,15). The SMILES string of the molecule is CCc1nc(N)nc(C2CN3CCN2CC3)n1. The Labute approximate surface area is 101 Å². The molecule has 3 fully saturated rings. The van der Waals surface area contributed by atoms with Gasteiger partial charge in [-0.2, -0.15) is 9.97 Å². The normalized spacial score (nSPS) is 31.7. The minimum absolute atomic E-state index is 0.299. The molecule has 1 atom stereocenters. The molecule has 92 valence electrons. The van der Waals surface area contributed by atoms with Crippen molar-refractivity contribution in [3.05, 3.63) is 11.6 Å². The van der Waals surface area contributed by atoms with Crippen LogP contribution in [0.25, 0.3) is 0 Å². The van der Waals surface area contributed by atoms with E-state index in [2.05, 4.69) is 24.8 Å². The molecular weight excluding hydrogens is 216 g/mol. The summed E-state index contributed by atoms with van der Waals surface area (Å²) in [5.74, 6) is 1.99. The van der Waals surface area contributed by atoms with Crippen LogP contribution in [0, 0.1) is 0 Å². The van der Waals surface area contributed by atoms with Gasteiger partial charge in [0.15, 0.2) is 5.82 Å². The van der Waals surface area contributed by atoms with Gasteiger partial charge in [0.05, 0.1) is 6.04 Å². The molecule has 17 heavy (non-hydrogen) atoms. The fourth-order valence-electron chi connectivity index (χ4n) is 2.63. The van der Waals surface area contributed by atoms with Crippen molar-refractivity contribution >= 4 is 5.95 Å². The zero-order valence-electron chi connectivity index (χ0n) is 10.1. The van der Waals surface area contributed by atoms with E-state index in [1.165, 1.54) is 0 Å². The minimum Gasteiger partial charge on any atom is -0.368 e. The largest absolute Gasteiger partial charge is 0.368 e. The molecule has 4 heterocycles. The number of hydrogen-bond donors (Lipinski definition) is 1. The van der Waals surface area contributed by atoms with Crippen molar-refractivity contribution in [2.24, 2.45) is 0 Å². The van der Waals surface area contributed by atoms with E-state index in [4.69, 9.17) is 5.73 Å². The first kappa shape index (κ1) is 10.9. The van der Waals surface area contributed by atoms with Crippen LogP contribution < -0.4 is 5.73 Å². The van der Waals surface area contributed by atoms with E-state index in [-0.39, 0.29) is 0 Å². The van der Waals surface area contributed by atoms with Crippen LogP contribution in [0.2, 0.25) is 0 Å². The molecule has 0 radical (unpaired) electrons. The molecule has 4 rings (SSSR count). The van der Waals surface area contributed by atoms with Crippen molar-refractivity contribution in [3.63, 3.8) is 0 Å². The number of anilines is 1. The summed E-state index contributed by atoms with van der Waals surface area (Å²) in [6.07, 6.45) is 0.802.